The van der Waals surface area contributed by atoms with Crippen molar-refractivity contribution in [3.05, 3.63) is 58.7 Å². The lowest BCUT2D eigenvalue weighted by molar-refractivity contribution is -0.141. The van der Waals surface area contributed by atoms with Gasteiger partial charge < -0.3 is 14.2 Å². The van der Waals surface area contributed by atoms with Crippen molar-refractivity contribution < 1.29 is 23.8 Å². The highest BCUT2D eigenvalue weighted by Gasteiger charge is 2.14. The second-order valence-corrected chi connectivity index (χ2v) is 5.77. The molecule has 0 aliphatic rings. The number of carbonyl (C=O) groups is 2. The number of methoxy groups -OCH3 is 2. The van der Waals surface area contributed by atoms with E-state index in [0.29, 0.717) is 17.1 Å². The van der Waals surface area contributed by atoms with Crippen LogP contribution in [0, 0.1) is 13.8 Å². The molecule has 0 saturated carbocycles. The summed E-state index contributed by atoms with van der Waals surface area (Å²) in [6, 6.07) is 10.8. The molecule has 0 aromatic heterocycles. The Morgan fingerprint density at radius 1 is 0.920 bits per heavy atom. The number of esters is 1. The molecule has 0 unspecified atom stereocenters. The third kappa shape index (κ3) is 4.83. The molecule has 2 aromatic carbocycles. The van der Waals surface area contributed by atoms with E-state index >= 15 is 0 Å². The molecule has 0 N–H and O–H groups in total. The summed E-state index contributed by atoms with van der Waals surface area (Å²) in [5.41, 5.74) is 3.16. The van der Waals surface area contributed by atoms with E-state index in [0.717, 1.165) is 16.7 Å². The lowest BCUT2D eigenvalue weighted by Gasteiger charge is -2.10. The van der Waals surface area contributed by atoms with Gasteiger partial charge in [0.25, 0.3) is 0 Å². The largest absolute Gasteiger partial charge is 0.493 e. The van der Waals surface area contributed by atoms with Crippen molar-refractivity contribution in [3.63, 3.8) is 0 Å². The van der Waals surface area contributed by atoms with Crippen LogP contribution in [0.25, 0.3) is 0 Å². The van der Waals surface area contributed by atoms with Crippen LogP contribution in [0.4, 0.5) is 0 Å². The van der Waals surface area contributed by atoms with Crippen molar-refractivity contribution in [3.8, 4) is 11.5 Å². The van der Waals surface area contributed by atoms with Gasteiger partial charge in [0.1, 0.15) is 0 Å². The highest BCUT2D eigenvalue weighted by molar-refractivity contribution is 5.99. The molecule has 0 heterocycles. The van der Waals surface area contributed by atoms with Gasteiger partial charge in [-0.1, -0.05) is 23.8 Å². The quantitative estimate of drug-likeness (QED) is 0.571. The van der Waals surface area contributed by atoms with E-state index < -0.39 is 5.97 Å². The van der Waals surface area contributed by atoms with E-state index in [-0.39, 0.29) is 18.8 Å². The number of carbonyl (C=O) groups excluding carboxylic acids is 2. The SMILES string of the molecule is COc1ccc(CC(=O)OCC(=O)c2cc(C)ccc2C)cc1OC. The molecule has 0 spiro atoms. The van der Waals surface area contributed by atoms with E-state index in [2.05, 4.69) is 0 Å². The maximum absolute atomic E-state index is 12.2. The highest BCUT2D eigenvalue weighted by Crippen LogP contribution is 2.27. The molecule has 5 heteroatoms. The van der Waals surface area contributed by atoms with Crippen molar-refractivity contribution in [1.82, 2.24) is 0 Å². The smallest absolute Gasteiger partial charge is 0.310 e. The third-order valence-electron chi connectivity index (χ3n) is 3.85. The van der Waals surface area contributed by atoms with Gasteiger partial charge in [-0.2, -0.15) is 0 Å². The minimum absolute atomic E-state index is 0.0560. The molecule has 0 atom stereocenters. The molecule has 0 aliphatic carbocycles. The maximum Gasteiger partial charge on any atom is 0.310 e. The lowest BCUT2D eigenvalue weighted by atomic mass is 10.0. The van der Waals surface area contributed by atoms with Gasteiger partial charge in [0.15, 0.2) is 18.1 Å². The average molecular weight is 342 g/mol. The Bertz CT molecular complexity index is 780. The molecule has 0 saturated heterocycles. The minimum Gasteiger partial charge on any atom is -0.493 e. The molecular weight excluding hydrogens is 320 g/mol. The normalized spacial score (nSPS) is 10.2. The first-order valence-electron chi connectivity index (χ1n) is 7.91. The molecule has 0 radical (unpaired) electrons. The highest BCUT2D eigenvalue weighted by atomic mass is 16.5. The number of ether oxygens (including phenoxy) is 3. The van der Waals surface area contributed by atoms with E-state index in [1.54, 1.807) is 31.4 Å². The number of ketones is 1. The first kappa shape index (κ1) is 18.5. The van der Waals surface area contributed by atoms with Gasteiger partial charge in [-0.15, -0.1) is 0 Å². The first-order valence-corrected chi connectivity index (χ1v) is 7.91. The van der Waals surface area contributed by atoms with Crippen molar-refractivity contribution in [2.45, 2.75) is 20.3 Å². The molecule has 2 aromatic rings. The fourth-order valence-corrected chi connectivity index (χ4v) is 2.47. The average Bonchev–Trinajstić information content (AvgIpc) is 2.61. The zero-order chi connectivity index (χ0) is 18.4. The Hall–Kier alpha value is -2.82. The molecule has 0 bridgehead atoms. The van der Waals surface area contributed by atoms with Gasteiger partial charge in [0, 0.05) is 5.56 Å². The number of aryl methyl sites for hydroxylation is 2. The van der Waals surface area contributed by atoms with E-state index in [1.165, 1.54) is 7.11 Å². The van der Waals surface area contributed by atoms with Crippen molar-refractivity contribution in [2.75, 3.05) is 20.8 Å². The number of rotatable bonds is 7. The zero-order valence-corrected chi connectivity index (χ0v) is 14.9. The number of hydrogen-bond donors (Lipinski definition) is 0. The summed E-state index contributed by atoms with van der Waals surface area (Å²) in [5.74, 6) is 0.455. The van der Waals surface area contributed by atoms with Crippen molar-refractivity contribution in [2.24, 2.45) is 0 Å². The van der Waals surface area contributed by atoms with Crippen LogP contribution in [-0.2, 0) is 16.0 Å². The Labute approximate surface area is 147 Å². The minimum atomic E-state index is -0.467. The summed E-state index contributed by atoms with van der Waals surface area (Å²) in [6.45, 7) is 3.51. The van der Waals surface area contributed by atoms with Crippen LogP contribution >= 0.6 is 0 Å². The standard InChI is InChI=1S/C20H22O5/c1-13-5-6-14(2)16(9-13)17(21)12-25-20(22)11-15-7-8-18(23-3)19(10-15)24-4/h5-10H,11-12H2,1-4H3. The fourth-order valence-electron chi connectivity index (χ4n) is 2.47. The van der Waals surface area contributed by atoms with Gasteiger partial charge in [0.05, 0.1) is 20.6 Å². The number of Topliss-reactive ketones (excluding diaryl/α,β-unsaturated/α-hetero) is 1. The number of benzene rings is 2. The summed E-state index contributed by atoms with van der Waals surface area (Å²) in [6.07, 6.45) is 0.0560. The second-order valence-electron chi connectivity index (χ2n) is 5.77. The maximum atomic E-state index is 12.2. The van der Waals surface area contributed by atoms with E-state index in [1.807, 2.05) is 26.0 Å². The molecule has 132 valence electrons. The molecule has 0 amide bonds. The molecule has 2 rings (SSSR count). The Morgan fingerprint density at radius 3 is 2.32 bits per heavy atom. The van der Waals surface area contributed by atoms with Crippen LogP contribution < -0.4 is 9.47 Å². The van der Waals surface area contributed by atoms with Gasteiger partial charge in [-0.25, -0.2) is 0 Å². The lowest BCUT2D eigenvalue weighted by Crippen LogP contribution is -2.16. The van der Waals surface area contributed by atoms with Crippen LogP contribution in [-0.4, -0.2) is 32.6 Å². The summed E-state index contributed by atoms with van der Waals surface area (Å²) in [4.78, 5) is 24.3. The van der Waals surface area contributed by atoms with Gasteiger partial charge in [-0.3, -0.25) is 9.59 Å². The predicted molar refractivity (Wildman–Crippen MR) is 94.5 cm³/mol. The van der Waals surface area contributed by atoms with Crippen LogP contribution in [0.3, 0.4) is 0 Å². The molecular formula is C20H22O5. The predicted octanol–water partition coefficient (Wildman–Crippen LogP) is 3.29. The van der Waals surface area contributed by atoms with Crippen molar-refractivity contribution in [1.29, 1.82) is 0 Å². The monoisotopic (exact) mass is 342 g/mol. The van der Waals surface area contributed by atoms with Crippen LogP contribution in [0.2, 0.25) is 0 Å². The number of hydrogen-bond acceptors (Lipinski definition) is 5. The Morgan fingerprint density at radius 2 is 1.64 bits per heavy atom. The summed E-state index contributed by atoms with van der Waals surface area (Å²) in [7, 11) is 3.08. The van der Waals surface area contributed by atoms with E-state index in [4.69, 9.17) is 14.2 Å². The first-order chi connectivity index (χ1) is 11.9. The second kappa shape index (κ2) is 8.33. The zero-order valence-electron chi connectivity index (χ0n) is 14.9. The fraction of sp³-hybridized carbons (Fsp3) is 0.300. The molecule has 0 fully saturated rings. The van der Waals surface area contributed by atoms with Crippen LogP contribution in [0.15, 0.2) is 36.4 Å². The van der Waals surface area contributed by atoms with Gasteiger partial charge in [-0.05, 0) is 43.2 Å². The summed E-state index contributed by atoms with van der Waals surface area (Å²) in [5, 5.41) is 0. The van der Waals surface area contributed by atoms with Gasteiger partial charge >= 0.3 is 5.97 Å². The topological polar surface area (TPSA) is 61.8 Å². The third-order valence-corrected chi connectivity index (χ3v) is 3.85. The van der Waals surface area contributed by atoms with Gasteiger partial charge in [0.2, 0.25) is 5.78 Å². The molecule has 0 aliphatic heterocycles. The summed E-state index contributed by atoms with van der Waals surface area (Å²) < 4.78 is 15.5. The van der Waals surface area contributed by atoms with Crippen LogP contribution in [0.5, 0.6) is 11.5 Å². The Kier molecular flexibility index (Phi) is 6.17. The van der Waals surface area contributed by atoms with Crippen molar-refractivity contribution >= 4 is 11.8 Å². The van der Waals surface area contributed by atoms with E-state index in [9.17, 15) is 9.59 Å². The van der Waals surface area contributed by atoms with Crippen LogP contribution in [0.1, 0.15) is 27.0 Å². The molecule has 25 heavy (non-hydrogen) atoms. The molecule has 5 nitrogen and oxygen atoms in total. The Balaban J connectivity index is 1.96. The summed E-state index contributed by atoms with van der Waals surface area (Å²) >= 11 is 0.